The van der Waals surface area contributed by atoms with Crippen molar-refractivity contribution in [2.45, 2.75) is 31.8 Å². The first-order chi connectivity index (χ1) is 13.6. The molecule has 2 aromatic rings. The minimum Gasteiger partial charge on any atom is -0.456 e. The summed E-state index contributed by atoms with van der Waals surface area (Å²) in [6, 6.07) is 8.13. The van der Waals surface area contributed by atoms with Crippen LogP contribution < -0.4 is 11.2 Å². The van der Waals surface area contributed by atoms with Gasteiger partial charge in [-0.25, -0.2) is 14.2 Å². The van der Waals surface area contributed by atoms with Crippen LogP contribution in [0.5, 0.6) is 0 Å². The zero-order chi connectivity index (χ0) is 21.2. The molecule has 1 fully saturated rings. The summed E-state index contributed by atoms with van der Waals surface area (Å²) in [7, 11) is -4.79. The molecule has 29 heavy (non-hydrogen) atoms. The fraction of sp³-hybridized carbons (Fsp3) is 0.353. The molecule has 0 radical (unpaired) electrons. The molecule has 1 aliphatic heterocycles. The number of aromatic amines is 1. The Labute approximate surface area is 164 Å². The maximum atomic E-state index is 12.4. The van der Waals surface area contributed by atoms with Crippen LogP contribution >= 0.6 is 7.82 Å². The van der Waals surface area contributed by atoms with Crippen molar-refractivity contribution in [1.82, 2.24) is 9.55 Å². The van der Waals surface area contributed by atoms with Crippen molar-refractivity contribution in [3.63, 3.8) is 0 Å². The number of esters is 1. The maximum Gasteiger partial charge on any atom is 0.469 e. The second-order valence-corrected chi connectivity index (χ2v) is 7.68. The van der Waals surface area contributed by atoms with E-state index in [1.807, 2.05) is 0 Å². The summed E-state index contributed by atoms with van der Waals surface area (Å²) in [4.78, 5) is 56.1. The number of benzene rings is 1. The zero-order valence-corrected chi connectivity index (χ0v) is 16.2. The largest absolute Gasteiger partial charge is 0.469 e. The molecule has 3 atom stereocenters. The Bertz CT molecular complexity index is 1040. The number of aromatic nitrogens is 2. The van der Waals surface area contributed by atoms with Gasteiger partial charge in [0.2, 0.25) is 0 Å². The molecule has 156 valence electrons. The van der Waals surface area contributed by atoms with Gasteiger partial charge >= 0.3 is 19.5 Å². The van der Waals surface area contributed by atoms with E-state index in [1.165, 1.54) is 13.1 Å². The standard InChI is InChI=1S/C17H19N2O9P/c1-10-8-19(17(22)18-15(10)20)14-7-12(13(27-14)9-26-29(23,24)25)28-16(21)11-5-3-2-4-6-11/h2-6,8,12-14H,7,9H2,1H3,(H,18,20,22)(H2,23,24,25). The molecular weight excluding hydrogens is 407 g/mol. The summed E-state index contributed by atoms with van der Waals surface area (Å²) >= 11 is 0. The topological polar surface area (TPSA) is 157 Å². The van der Waals surface area contributed by atoms with Crippen LogP contribution in [-0.4, -0.2) is 44.1 Å². The van der Waals surface area contributed by atoms with Gasteiger partial charge in [-0.2, -0.15) is 0 Å². The van der Waals surface area contributed by atoms with E-state index < -0.39 is 50.1 Å². The minimum atomic E-state index is -4.79. The van der Waals surface area contributed by atoms with Gasteiger partial charge in [0.15, 0.2) is 0 Å². The summed E-state index contributed by atoms with van der Waals surface area (Å²) in [6.07, 6.45) is -1.61. The smallest absolute Gasteiger partial charge is 0.456 e. The van der Waals surface area contributed by atoms with Crippen LogP contribution in [-0.2, 0) is 18.6 Å². The number of rotatable bonds is 6. The number of phosphoric acid groups is 1. The summed E-state index contributed by atoms with van der Waals surface area (Å²) in [5.74, 6) is -0.661. The molecule has 3 unspecified atom stereocenters. The van der Waals surface area contributed by atoms with Crippen LogP contribution in [0.4, 0.5) is 0 Å². The van der Waals surface area contributed by atoms with Gasteiger partial charge in [-0.3, -0.25) is 18.9 Å². The van der Waals surface area contributed by atoms with E-state index in [4.69, 9.17) is 19.3 Å². The van der Waals surface area contributed by atoms with Crippen LogP contribution in [0.3, 0.4) is 0 Å². The third kappa shape index (κ3) is 5.28. The molecule has 1 aliphatic rings. The highest BCUT2D eigenvalue weighted by Crippen LogP contribution is 2.38. The number of hydrogen-bond donors (Lipinski definition) is 3. The van der Waals surface area contributed by atoms with Crippen molar-refractivity contribution in [1.29, 1.82) is 0 Å². The molecular formula is C17H19N2O9P. The van der Waals surface area contributed by atoms with Gasteiger partial charge in [0.05, 0.1) is 12.2 Å². The number of carbonyl (C=O) groups is 1. The Balaban J connectivity index is 1.83. The number of hydrogen-bond acceptors (Lipinski definition) is 7. The molecule has 1 saturated heterocycles. The quantitative estimate of drug-likeness (QED) is 0.441. The molecule has 3 rings (SSSR count). The van der Waals surface area contributed by atoms with Crippen LogP contribution in [0.2, 0.25) is 0 Å². The van der Waals surface area contributed by atoms with E-state index in [9.17, 15) is 18.9 Å². The van der Waals surface area contributed by atoms with Gasteiger partial charge in [0.25, 0.3) is 5.56 Å². The first-order valence-corrected chi connectivity index (χ1v) is 10.1. The predicted octanol–water partition coefficient (Wildman–Crippen LogP) is 0.467. The molecule has 11 nitrogen and oxygen atoms in total. The van der Waals surface area contributed by atoms with Crippen molar-refractivity contribution >= 4 is 13.8 Å². The number of H-pyrrole nitrogens is 1. The average Bonchev–Trinajstić information content (AvgIpc) is 3.05. The zero-order valence-electron chi connectivity index (χ0n) is 15.3. The van der Waals surface area contributed by atoms with Crippen LogP contribution in [0.25, 0.3) is 0 Å². The second-order valence-electron chi connectivity index (χ2n) is 6.44. The lowest BCUT2D eigenvalue weighted by Gasteiger charge is -2.19. The molecule has 0 bridgehead atoms. The molecule has 3 N–H and O–H groups in total. The summed E-state index contributed by atoms with van der Waals surface area (Å²) in [5.41, 5.74) is -0.725. The van der Waals surface area contributed by atoms with Crippen molar-refractivity contribution in [3.05, 3.63) is 68.5 Å². The predicted molar refractivity (Wildman–Crippen MR) is 98.2 cm³/mol. The van der Waals surface area contributed by atoms with Crippen LogP contribution in [0.15, 0.2) is 46.1 Å². The van der Waals surface area contributed by atoms with E-state index >= 15 is 0 Å². The minimum absolute atomic E-state index is 0.0130. The third-order valence-electron chi connectivity index (χ3n) is 4.31. The van der Waals surface area contributed by atoms with Crippen LogP contribution in [0, 0.1) is 6.92 Å². The Morgan fingerprint density at radius 2 is 2.00 bits per heavy atom. The second kappa shape index (κ2) is 8.44. The lowest BCUT2D eigenvalue weighted by molar-refractivity contribution is -0.0512. The van der Waals surface area contributed by atoms with E-state index in [-0.39, 0.29) is 17.5 Å². The number of carbonyl (C=O) groups excluding carboxylic acids is 1. The molecule has 1 aromatic carbocycles. The average molecular weight is 426 g/mol. The molecule has 0 saturated carbocycles. The Morgan fingerprint density at radius 3 is 2.66 bits per heavy atom. The fourth-order valence-corrected chi connectivity index (χ4v) is 3.24. The summed E-state index contributed by atoms with van der Waals surface area (Å²) < 4.78 is 27.8. The van der Waals surface area contributed by atoms with Crippen molar-refractivity contribution < 1.29 is 33.1 Å². The number of aryl methyl sites for hydroxylation is 1. The number of phosphoric ester groups is 1. The Kier molecular flexibility index (Phi) is 6.15. The molecule has 1 aromatic heterocycles. The van der Waals surface area contributed by atoms with Crippen molar-refractivity contribution in [3.8, 4) is 0 Å². The molecule has 0 amide bonds. The molecule has 0 spiro atoms. The molecule has 2 heterocycles. The van der Waals surface area contributed by atoms with Gasteiger partial charge in [0, 0.05) is 18.2 Å². The maximum absolute atomic E-state index is 12.4. The number of ether oxygens (including phenoxy) is 2. The Morgan fingerprint density at radius 1 is 1.31 bits per heavy atom. The van der Waals surface area contributed by atoms with E-state index in [2.05, 4.69) is 9.51 Å². The SMILES string of the molecule is Cc1cn(C2CC(OC(=O)c3ccccc3)C(COP(=O)(O)O)O2)c(=O)[nH]c1=O. The molecule has 0 aliphatic carbocycles. The van der Waals surface area contributed by atoms with Gasteiger partial charge in [-0.1, -0.05) is 18.2 Å². The molecule has 12 heteroatoms. The van der Waals surface area contributed by atoms with Gasteiger partial charge < -0.3 is 19.3 Å². The summed E-state index contributed by atoms with van der Waals surface area (Å²) in [6.45, 7) is 0.940. The highest BCUT2D eigenvalue weighted by Gasteiger charge is 2.40. The van der Waals surface area contributed by atoms with Crippen molar-refractivity contribution in [2.24, 2.45) is 0 Å². The highest BCUT2D eigenvalue weighted by atomic mass is 31.2. The third-order valence-corrected chi connectivity index (χ3v) is 4.80. The number of nitrogens with zero attached hydrogens (tertiary/aromatic N) is 1. The Hall–Kier alpha value is -2.56. The van der Waals surface area contributed by atoms with E-state index in [1.54, 1.807) is 30.3 Å². The lowest BCUT2D eigenvalue weighted by Crippen LogP contribution is -2.33. The van der Waals surface area contributed by atoms with E-state index in [0.29, 0.717) is 0 Å². The van der Waals surface area contributed by atoms with Gasteiger partial charge in [-0.15, -0.1) is 0 Å². The van der Waals surface area contributed by atoms with Crippen molar-refractivity contribution in [2.75, 3.05) is 6.61 Å². The van der Waals surface area contributed by atoms with Crippen LogP contribution in [0.1, 0.15) is 28.6 Å². The van der Waals surface area contributed by atoms with E-state index in [0.717, 1.165) is 4.57 Å². The monoisotopic (exact) mass is 426 g/mol. The van der Waals surface area contributed by atoms with Gasteiger partial charge in [0.1, 0.15) is 18.4 Å². The first kappa shape index (κ1) is 21.2. The number of nitrogens with one attached hydrogen (secondary N) is 1. The normalized spacial score (nSPS) is 21.8. The highest BCUT2D eigenvalue weighted by molar-refractivity contribution is 7.46. The lowest BCUT2D eigenvalue weighted by atomic mass is 10.1. The summed E-state index contributed by atoms with van der Waals surface area (Å²) in [5, 5.41) is 0. The van der Waals surface area contributed by atoms with Gasteiger partial charge in [-0.05, 0) is 19.1 Å². The fourth-order valence-electron chi connectivity index (χ4n) is 2.90. The first-order valence-electron chi connectivity index (χ1n) is 8.57.